The van der Waals surface area contributed by atoms with Gasteiger partial charge >= 0.3 is 0 Å². The van der Waals surface area contributed by atoms with E-state index in [2.05, 4.69) is 4.98 Å². The Balaban J connectivity index is 3.37. The summed E-state index contributed by atoms with van der Waals surface area (Å²) in [6, 6.07) is 1.61. The zero-order valence-electron chi connectivity index (χ0n) is 6.49. The molecule has 4 nitrogen and oxygen atoms in total. The van der Waals surface area contributed by atoms with Gasteiger partial charge in [-0.15, -0.1) is 0 Å². The van der Waals surface area contributed by atoms with Crippen molar-refractivity contribution in [1.29, 1.82) is 0 Å². The van der Waals surface area contributed by atoms with Gasteiger partial charge in [-0.25, -0.2) is 22.2 Å². The van der Waals surface area contributed by atoms with Gasteiger partial charge in [-0.2, -0.15) is 0 Å². The number of hydrogen-bond donors (Lipinski definition) is 1. The maximum absolute atomic E-state index is 12.1. The molecule has 0 radical (unpaired) electrons. The molecule has 1 aromatic rings. The minimum absolute atomic E-state index is 0.760. The third kappa shape index (κ3) is 2.30. The molecule has 0 saturated carbocycles. The minimum Gasteiger partial charge on any atom is -0.505 e. The average Bonchev–Trinajstić information content (AvgIpc) is 2.02. The third-order valence-corrected chi connectivity index (χ3v) is 2.52. The summed E-state index contributed by atoms with van der Waals surface area (Å²) >= 11 is 0. The van der Waals surface area contributed by atoms with Crippen molar-refractivity contribution in [2.24, 2.45) is 0 Å². The van der Waals surface area contributed by atoms with Crippen LogP contribution in [0.15, 0.2) is 17.2 Å². The Kier molecular flexibility index (Phi) is 2.91. The maximum atomic E-state index is 12.1. The SMILES string of the molecule is O=S(=O)(Cl)c1nc(C(F)F)ccc1O. The first-order chi connectivity index (χ1) is 6.32. The van der Waals surface area contributed by atoms with E-state index in [1.54, 1.807) is 0 Å². The highest BCUT2D eigenvalue weighted by atomic mass is 35.7. The molecule has 0 spiro atoms. The fraction of sp³-hybridized carbons (Fsp3) is 0.167. The molecule has 0 aliphatic carbocycles. The van der Waals surface area contributed by atoms with Gasteiger partial charge < -0.3 is 5.11 Å². The molecule has 1 aromatic heterocycles. The van der Waals surface area contributed by atoms with E-state index < -0.39 is 31.9 Å². The number of halogens is 3. The van der Waals surface area contributed by atoms with Crippen LogP contribution in [0.4, 0.5) is 8.78 Å². The van der Waals surface area contributed by atoms with Crippen LogP contribution in [0.25, 0.3) is 0 Å². The van der Waals surface area contributed by atoms with E-state index in [0.29, 0.717) is 0 Å². The monoisotopic (exact) mass is 243 g/mol. The molecule has 0 bridgehead atoms. The first-order valence-corrected chi connectivity index (χ1v) is 5.56. The van der Waals surface area contributed by atoms with Gasteiger partial charge in [0, 0.05) is 10.7 Å². The standard InChI is InChI=1S/C6H4ClF2NO3S/c7-14(12,13)6-4(11)2-1-3(10-6)5(8)9/h1-2,5,11H. The van der Waals surface area contributed by atoms with Crippen molar-refractivity contribution in [2.75, 3.05) is 0 Å². The maximum Gasteiger partial charge on any atom is 0.282 e. The first kappa shape index (κ1) is 11.1. The van der Waals surface area contributed by atoms with Crippen LogP contribution in [0.1, 0.15) is 12.1 Å². The summed E-state index contributed by atoms with van der Waals surface area (Å²) in [6.45, 7) is 0. The minimum atomic E-state index is -4.31. The number of hydrogen-bond acceptors (Lipinski definition) is 4. The normalized spacial score (nSPS) is 12.0. The Bertz CT molecular complexity index is 448. The van der Waals surface area contributed by atoms with E-state index in [0.717, 1.165) is 12.1 Å². The molecule has 1 heterocycles. The molecule has 0 aliphatic heterocycles. The van der Waals surface area contributed by atoms with Crippen LogP contribution < -0.4 is 0 Å². The van der Waals surface area contributed by atoms with E-state index in [1.807, 2.05) is 0 Å². The molecule has 1 N–H and O–H groups in total. The van der Waals surface area contributed by atoms with Gasteiger partial charge in [0.2, 0.25) is 5.03 Å². The number of aromatic nitrogens is 1. The largest absolute Gasteiger partial charge is 0.505 e. The fourth-order valence-corrected chi connectivity index (χ4v) is 1.62. The molecule has 0 saturated heterocycles. The van der Waals surface area contributed by atoms with Crippen molar-refractivity contribution in [3.05, 3.63) is 17.8 Å². The second-order valence-corrected chi connectivity index (χ2v) is 4.78. The number of aromatic hydroxyl groups is 1. The lowest BCUT2D eigenvalue weighted by Gasteiger charge is -2.02. The van der Waals surface area contributed by atoms with E-state index >= 15 is 0 Å². The molecule has 0 atom stereocenters. The van der Waals surface area contributed by atoms with Gasteiger partial charge in [-0.1, -0.05) is 0 Å². The summed E-state index contributed by atoms with van der Waals surface area (Å²) in [7, 11) is 0.534. The second kappa shape index (κ2) is 3.66. The summed E-state index contributed by atoms with van der Waals surface area (Å²) in [5.41, 5.74) is -0.762. The van der Waals surface area contributed by atoms with E-state index in [9.17, 15) is 17.2 Å². The molecule has 0 aromatic carbocycles. The summed E-state index contributed by atoms with van der Waals surface area (Å²) < 4.78 is 45.6. The highest BCUT2D eigenvalue weighted by molar-refractivity contribution is 8.13. The lowest BCUT2D eigenvalue weighted by atomic mass is 10.3. The van der Waals surface area contributed by atoms with Crippen molar-refractivity contribution < 1.29 is 22.3 Å². The van der Waals surface area contributed by atoms with Crippen LogP contribution in [0.5, 0.6) is 5.75 Å². The van der Waals surface area contributed by atoms with Crippen molar-refractivity contribution in [2.45, 2.75) is 11.5 Å². The molecular weight excluding hydrogens is 240 g/mol. The molecule has 0 amide bonds. The molecule has 14 heavy (non-hydrogen) atoms. The number of nitrogens with zero attached hydrogens (tertiary/aromatic N) is 1. The lowest BCUT2D eigenvalue weighted by molar-refractivity contribution is 0.145. The fourth-order valence-electron chi connectivity index (χ4n) is 0.748. The quantitative estimate of drug-likeness (QED) is 0.802. The smallest absolute Gasteiger partial charge is 0.282 e. The number of alkyl halides is 2. The van der Waals surface area contributed by atoms with Gasteiger partial charge in [0.15, 0.2) is 5.75 Å². The Morgan fingerprint density at radius 1 is 1.43 bits per heavy atom. The van der Waals surface area contributed by atoms with Gasteiger partial charge in [-0.05, 0) is 12.1 Å². The highest BCUT2D eigenvalue weighted by Gasteiger charge is 2.20. The molecule has 0 unspecified atom stereocenters. The Hall–Kier alpha value is -0.950. The first-order valence-electron chi connectivity index (χ1n) is 3.25. The van der Waals surface area contributed by atoms with Crippen molar-refractivity contribution in [1.82, 2.24) is 4.98 Å². The van der Waals surface area contributed by atoms with Crippen LogP contribution in [0, 0.1) is 0 Å². The Morgan fingerprint density at radius 3 is 2.43 bits per heavy atom. The molecule has 78 valence electrons. The molecular formula is C6H4ClF2NO3S. The van der Waals surface area contributed by atoms with E-state index in [4.69, 9.17) is 15.8 Å². The summed E-state index contributed by atoms with van der Waals surface area (Å²) in [4.78, 5) is 3.02. The van der Waals surface area contributed by atoms with Crippen LogP contribution in [0.2, 0.25) is 0 Å². The van der Waals surface area contributed by atoms with Gasteiger partial charge in [0.05, 0.1) is 0 Å². The van der Waals surface area contributed by atoms with Crippen LogP contribution in [-0.4, -0.2) is 18.5 Å². The van der Waals surface area contributed by atoms with Crippen LogP contribution >= 0.6 is 10.7 Å². The average molecular weight is 244 g/mol. The van der Waals surface area contributed by atoms with Crippen molar-refractivity contribution >= 4 is 19.7 Å². The van der Waals surface area contributed by atoms with Gasteiger partial charge in [0.1, 0.15) is 5.69 Å². The topological polar surface area (TPSA) is 67.3 Å². The Labute approximate surface area is 82.6 Å². The van der Waals surface area contributed by atoms with Gasteiger partial charge in [0.25, 0.3) is 15.5 Å². The zero-order chi connectivity index (χ0) is 10.9. The van der Waals surface area contributed by atoms with Crippen molar-refractivity contribution in [3.8, 4) is 5.75 Å². The van der Waals surface area contributed by atoms with E-state index in [1.165, 1.54) is 0 Å². The summed E-state index contributed by atoms with van der Waals surface area (Å²) in [5.74, 6) is -0.760. The van der Waals surface area contributed by atoms with Crippen molar-refractivity contribution in [3.63, 3.8) is 0 Å². The molecule has 0 aliphatic rings. The number of rotatable bonds is 2. The summed E-state index contributed by atoms with van der Waals surface area (Å²) in [5, 5.41) is 8.02. The third-order valence-electron chi connectivity index (χ3n) is 1.32. The Morgan fingerprint density at radius 2 is 2.00 bits per heavy atom. The predicted octanol–water partition coefficient (Wildman–Crippen LogP) is 1.65. The molecule has 8 heteroatoms. The predicted molar refractivity (Wildman–Crippen MR) is 43.9 cm³/mol. The second-order valence-electron chi connectivity index (χ2n) is 2.30. The lowest BCUT2D eigenvalue weighted by Crippen LogP contribution is -1.99. The van der Waals surface area contributed by atoms with Gasteiger partial charge in [-0.3, -0.25) is 0 Å². The van der Waals surface area contributed by atoms with Crippen LogP contribution in [0.3, 0.4) is 0 Å². The molecule has 1 rings (SSSR count). The van der Waals surface area contributed by atoms with Crippen LogP contribution in [-0.2, 0) is 9.05 Å². The molecule has 0 fully saturated rings. The zero-order valence-corrected chi connectivity index (χ0v) is 8.06. The highest BCUT2D eigenvalue weighted by Crippen LogP contribution is 2.26. The van der Waals surface area contributed by atoms with E-state index in [-0.39, 0.29) is 0 Å². The summed E-state index contributed by atoms with van der Waals surface area (Å²) in [6.07, 6.45) is -2.92. The number of pyridine rings is 1.